The first kappa shape index (κ1) is 12.3. The number of benzene rings is 1. The smallest absolute Gasteiger partial charge is 0.181 e. The van der Waals surface area contributed by atoms with Gasteiger partial charge < -0.3 is 14.6 Å². The molecule has 1 rings (SSSR count). The molecule has 0 spiro atoms. The van der Waals surface area contributed by atoms with E-state index in [0.717, 1.165) is 0 Å². The van der Waals surface area contributed by atoms with E-state index in [4.69, 9.17) is 14.7 Å². The molecule has 1 aromatic rings. The van der Waals surface area contributed by atoms with E-state index >= 15 is 0 Å². The number of nitriles is 1. The Morgan fingerprint density at radius 3 is 2.56 bits per heavy atom. The highest BCUT2D eigenvalue weighted by Crippen LogP contribution is 2.30. The van der Waals surface area contributed by atoms with Crippen molar-refractivity contribution in [3.05, 3.63) is 23.8 Å². The maximum Gasteiger partial charge on any atom is 0.181 e. The van der Waals surface area contributed by atoms with Gasteiger partial charge in [0.15, 0.2) is 6.10 Å². The molecule has 2 unspecified atom stereocenters. The molecular formula is C12H15NO3. The van der Waals surface area contributed by atoms with Crippen LogP contribution in [-0.2, 0) is 0 Å². The Morgan fingerprint density at radius 2 is 2.06 bits per heavy atom. The summed E-state index contributed by atoms with van der Waals surface area (Å²) in [7, 11) is 1.55. The number of rotatable bonds is 4. The van der Waals surface area contributed by atoms with Gasteiger partial charge in [0, 0.05) is 11.6 Å². The van der Waals surface area contributed by atoms with Gasteiger partial charge in [-0.1, -0.05) is 0 Å². The minimum atomic E-state index is -0.646. The fourth-order valence-electron chi connectivity index (χ4n) is 1.31. The molecule has 86 valence electrons. The lowest BCUT2D eigenvalue weighted by molar-refractivity contribution is 0.187. The van der Waals surface area contributed by atoms with Crippen molar-refractivity contribution >= 4 is 0 Å². The summed E-state index contributed by atoms with van der Waals surface area (Å²) in [5.74, 6) is 1.10. The van der Waals surface area contributed by atoms with E-state index in [1.807, 2.05) is 6.07 Å². The SMILES string of the molecule is COc1ccc(C(C)O)c(OC(C)C#N)c1. The van der Waals surface area contributed by atoms with E-state index in [-0.39, 0.29) is 0 Å². The van der Waals surface area contributed by atoms with Crippen molar-refractivity contribution in [3.8, 4) is 17.6 Å². The number of nitrogens with zero attached hydrogens (tertiary/aromatic N) is 1. The second-order valence-electron chi connectivity index (χ2n) is 3.47. The summed E-state index contributed by atoms with van der Waals surface area (Å²) in [6.07, 6.45) is -1.21. The van der Waals surface area contributed by atoms with Crippen molar-refractivity contribution in [2.75, 3.05) is 7.11 Å². The monoisotopic (exact) mass is 221 g/mol. The van der Waals surface area contributed by atoms with Crippen LogP contribution in [0.1, 0.15) is 25.5 Å². The molecule has 16 heavy (non-hydrogen) atoms. The summed E-state index contributed by atoms with van der Waals surface area (Å²) in [5, 5.41) is 18.2. The van der Waals surface area contributed by atoms with Gasteiger partial charge in [-0.2, -0.15) is 5.26 Å². The minimum absolute atomic E-state index is 0.475. The third-order valence-electron chi connectivity index (χ3n) is 2.16. The van der Waals surface area contributed by atoms with Crippen LogP contribution in [0.15, 0.2) is 18.2 Å². The average molecular weight is 221 g/mol. The second kappa shape index (κ2) is 5.38. The predicted molar refractivity (Wildman–Crippen MR) is 59.3 cm³/mol. The standard InChI is InChI=1S/C12H15NO3/c1-8(7-13)16-12-6-10(15-3)4-5-11(12)9(2)14/h4-6,8-9,14H,1-3H3. The Kier molecular flexibility index (Phi) is 4.15. The van der Waals surface area contributed by atoms with Crippen molar-refractivity contribution in [1.82, 2.24) is 0 Å². The highest BCUT2D eigenvalue weighted by molar-refractivity contribution is 5.42. The van der Waals surface area contributed by atoms with Crippen LogP contribution < -0.4 is 9.47 Å². The van der Waals surface area contributed by atoms with Gasteiger partial charge in [0.1, 0.15) is 17.6 Å². The van der Waals surface area contributed by atoms with E-state index in [9.17, 15) is 5.11 Å². The highest BCUT2D eigenvalue weighted by Gasteiger charge is 2.12. The number of aliphatic hydroxyl groups excluding tert-OH is 1. The first-order valence-electron chi connectivity index (χ1n) is 5.00. The quantitative estimate of drug-likeness (QED) is 0.845. The lowest BCUT2D eigenvalue weighted by Crippen LogP contribution is -2.10. The fraction of sp³-hybridized carbons (Fsp3) is 0.417. The van der Waals surface area contributed by atoms with Gasteiger partial charge in [-0.25, -0.2) is 0 Å². The Hall–Kier alpha value is -1.73. The van der Waals surface area contributed by atoms with Gasteiger partial charge in [0.05, 0.1) is 13.2 Å². The van der Waals surface area contributed by atoms with Gasteiger partial charge in [-0.3, -0.25) is 0 Å². The molecule has 4 nitrogen and oxygen atoms in total. The largest absolute Gasteiger partial charge is 0.497 e. The number of hydrogen-bond acceptors (Lipinski definition) is 4. The summed E-state index contributed by atoms with van der Waals surface area (Å²) in [5.41, 5.74) is 0.642. The summed E-state index contributed by atoms with van der Waals surface area (Å²) in [6.45, 7) is 3.29. The van der Waals surface area contributed by atoms with Crippen LogP contribution in [0.25, 0.3) is 0 Å². The number of methoxy groups -OCH3 is 1. The topological polar surface area (TPSA) is 62.5 Å². The first-order chi connectivity index (χ1) is 7.58. The third-order valence-corrected chi connectivity index (χ3v) is 2.16. The van der Waals surface area contributed by atoms with Gasteiger partial charge in [-0.15, -0.1) is 0 Å². The molecule has 0 saturated heterocycles. The Bertz CT molecular complexity index is 396. The molecule has 0 aromatic heterocycles. The van der Waals surface area contributed by atoms with Crippen molar-refractivity contribution in [3.63, 3.8) is 0 Å². The highest BCUT2D eigenvalue weighted by atomic mass is 16.5. The molecule has 0 radical (unpaired) electrons. The average Bonchev–Trinajstić information content (AvgIpc) is 2.28. The van der Waals surface area contributed by atoms with Crippen molar-refractivity contribution < 1.29 is 14.6 Å². The fourth-order valence-corrected chi connectivity index (χ4v) is 1.31. The van der Waals surface area contributed by atoms with Crippen LogP contribution >= 0.6 is 0 Å². The lowest BCUT2D eigenvalue weighted by atomic mass is 10.1. The van der Waals surface area contributed by atoms with Crippen LogP contribution in [0.5, 0.6) is 11.5 Å². The Labute approximate surface area is 95.0 Å². The number of hydrogen-bond donors (Lipinski definition) is 1. The minimum Gasteiger partial charge on any atom is -0.497 e. The van der Waals surface area contributed by atoms with Crippen molar-refractivity contribution in [1.29, 1.82) is 5.26 Å². The molecule has 2 atom stereocenters. The molecule has 0 bridgehead atoms. The van der Waals surface area contributed by atoms with E-state index in [0.29, 0.717) is 17.1 Å². The zero-order chi connectivity index (χ0) is 12.1. The number of aliphatic hydroxyl groups is 1. The molecule has 0 amide bonds. The molecule has 0 aliphatic carbocycles. The molecule has 1 aromatic carbocycles. The van der Waals surface area contributed by atoms with Crippen molar-refractivity contribution in [2.45, 2.75) is 26.1 Å². The van der Waals surface area contributed by atoms with Gasteiger partial charge >= 0.3 is 0 Å². The van der Waals surface area contributed by atoms with Gasteiger partial charge in [0.2, 0.25) is 0 Å². The zero-order valence-corrected chi connectivity index (χ0v) is 9.60. The van der Waals surface area contributed by atoms with Crippen LogP contribution in [0.4, 0.5) is 0 Å². The predicted octanol–water partition coefficient (Wildman–Crippen LogP) is 2.04. The molecule has 0 heterocycles. The Balaban J connectivity index is 3.06. The summed E-state index contributed by atoms with van der Waals surface area (Å²) in [4.78, 5) is 0. The zero-order valence-electron chi connectivity index (χ0n) is 9.60. The maximum atomic E-state index is 9.55. The summed E-state index contributed by atoms with van der Waals surface area (Å²) < 4.78 is 10.5. The molecule has 0 aliphatic rings. The summed E-state index contributed by atoms with van der Waals surface area (Å²) in [6, 6.07) is 7.10. The van der Waals surface area contributed by atoms with Crippen LogP contribution in [0.3, 0.4) is 0 Å². The lowest BCUT2D eigenvalue weighted by Gasteiger charge is -2.15. The third kappa shape index (κ3) is 2.88. The van der Waals surface area contributed by atoms with Crippen LogP contribution in [-0.4, -0.2) is 18.3 Å². The van der Waals surface area contributed by atoms with Crippen LogP contribution in [0, 0.1) is 11.3 Å². The molecule has 0 saturated carbocycles. The second-order valence-corrected chi connectivity index (χ2v) is 3.47. The van der Waals surface area contributed by atoms with E-state index in [2.05, 4.69) is 0 Å². The molecule has 4 heteroatoms. The molecule has 0 aliphatic heterocycles. The van der Waals surface area contributed by atoms with E-state index in [1.54, 1.807) is 39.2 Å². The van der Waals surface area contributed by atoms with E-state index < -0.39 is 12.2 Å². The molecule has 0 fully saturated rings. The van der Waals surface area contributed by atoms with Gasteiger partial charge in [-0.05, 0) is 26.0 Å². The van der Waals surface area contributed by atoms with E-state index in [1.165, 1.54) is 0 Å². The van der Waals surface area contributed by atoms with Gasteiger partial charge in [0.25, 0.3) is 0 Å². The normalized spacial score (nSPS) is 13.7. The molecule has 1 N–H and O–H groups in total. The number of ether oxygens (including phenoxy) is 2. The summed E-state index contributed by atoms with van der Waals surface area (Å²) >= 11 is 0. The van der Waals surface area contributed by atoms with Crippen molar-refractivity contribution in [2.24, 2.45) is 0 Å². The van der Waals surface area contributed by atoms with Crippen LogP contribution in [0.2, 0.25) is 0 Å². The Morgan fingerprint density at radius 1 is 1.38 bits per heavy atom. The maximum absolute atomic E-state index is 9.55. The molecular weight excluding hydrogens is 206 g/mol. The first-order valence-corrected chi connectivity index (χ1v) is 5.00.